The number of nitrogens with zero attached hydrogens (tertiary/aromatic N) is 1. The number of carbonyl (C=O) groups is 4. The molecule has 3 aromatic rings. The molecule has 11 nitrogen and oxygen atoms in total. The molecule has 3 unspecified atom stereocenters. The lowest BCUT2D eigenvalue weighted by atomic mass is 9.87. The molecule has 50 heavy (non-hydrogen) atoms. The first kappa shape index (κ1) is 37.8. The molecule has 3 amide bonds. The van der Waals surface area contributed by atoms with Crippen LogP contribution in [0.25, 0.3) is 0 Å². The molecule has 0 bridgehead atoms. The van der Waals surface area contributed by atoms with Crippen molar-refractivity contribution in [3.8, 4) is 11.5 Å². The first-order chi connectivity index (χ1) is 23.5. The summed E-state index contributed by atoms with van der Waals surface area (Å²) in [4.78, 5) is 57.6. The Balaban J connectivity index is 1.76. The van der Waals surface area contributed by atoms with Gasteiger partial charge in [0, 0.05) is 18.9 Å². The van der Waals surface area contributed by atoms with Gasteiger partial charge in [-0.2, -0.15) is 0 Å². The quantitative estimate of drug-likeness (QED) is 0.176. The Morgan fingerprint density at radius 3 is 1.76 bits per heavy atom. The third kappa shape index (κ3) is 11.0. The predicted molar refractivity (Wildman–Crippen MR) is 188 cm³/mol. The van der Waals surface area contributed by atoms with Crippen LogP contribution in [0.4, 0.5) is 4.79 Å². The zero-order chi connectivity index (χ0) is 36.6. The minimum absolute atomic E-state index is 0.0260. The SMILES string of the molecule is CC(C)(C)OC(=O)NC(Cc1ccc(O)cc1)C(=O)N(C1CCC1)C(C(=O)NC(Cc1ccccc1)C(=O)OC(C)(C)C)c1ccc(O)cc1. The molecule has 3 aromatic carbocycles. The van der Waals surface area contributed by atoms with Gasteiger partial charge < -0.3 is 35.2 Å². The summed E-state index contributed by atoms with van der Waals surface area (Å²) in [7, 11) is 0. The molecule has 1 saturated carbocycles. The highest BCUT2D eigenvalue weighted by molar-refractivity contribution is 5.94. The molecule has 0 heterocycles. The number of phenols is 2. The third-order valence-electron chi connectivity index (χ3n) is 8.11. The van der Waals surface area contributed by atoms with Gasteiger partial charge in [0.15, 0.2) is 0 Å². The van der Waals surface area contributed by atoms with Gasteiger partial charge in [-0.1, -0.05) is 54.6 Å². The van der Waals surface area contributed by atoms with Crippen LogP contribution in [0.2, 0.25) is 0 Å². The van der Waals surface area contributed by atoms with Gasteiger partial charge in [-0.15, -0.1) is 0 Å². The van der Waals surface area contributed by atoms with Gasteiger partial charge in [-0.05, 0) is 102 Å². The first-order valence-electron chi connectivity index (χ1n) is 16.9. The van der Waals surface area contributed by atoms with Crippen molar-refractivity contribution < 1.29 is 38.9 Å². The van der Waals surface area contributed by atoms with Gasteiger partial charge in [-0.25, -0.2) is 9.59 Å². The van der Waals surface area contributed by atoms with Crippen molar-refractivity contribution in [2.75, 3.05) is 0 Å². The fourth-order valence-corrected chi connectivity index (χ4v) is 5.64. The Morgan fingerprint density at radius 2 is 1.24 bits per heavy atom. The number of hydrogen-bond donors (Lipinski definition) is 4. The number of nitrogens with one attached hydrogen (secondary N) is 2. The van der Waals surface area contributed by atoms with Crippen LogP contribution in [0, 0.1) is 0 Å². The Bertz CT molecular complexity index is 1610. The Kier molecular flexibility index (Phi) is 12.2. The molecule has 0 aliphatic heterocycles. The van der Waals surface area contributed by atoms with Crippen LogP contribution in [0.3, 0.4) is 0 Å². The maximum absolute atomic E-state index is 14.8. The summed E-state index contributed by atoms with van der Waals surface area (Å²) in [6.45, 7) is 10.4. The lowest BCUT2D eigenvalue weighted by Crippen LogP contribution is -2.59. The second-order valence-corrected chi connectivity index (χ2v) is 14.7. The van der Waals surface area contributed by atoms with Gasteiger partial charge in [0.05, 0.1) is 0 Å². The van der Waals surface area contributed by atoms with Crippen molar-refractivity contribution in [2.45, 2.75) is 109 Å². The molecule has 0 spiro atoms. The number of amides is 3. The number of ether oxygens (including phenoxy) is 2. The average Bonchev–Trinajstić information content (AvgIpc) is 2.99. The second kappa shape index (κ2) is 16.1. The number of rotatable bonds is 12. The molecule has 4 rings (SSSR count). The van der Waals surface area contributed by atoms with Crippen molar-refractivity contribution in [3.63, 3.8) is 0 Å². The zero-order valence-electron chi connectivity index (χ0n) is 29.6. The maximum Gasteiger partial charge on any atom is 0.408 e. The molecule has 268 valence electrons. The highest BCUT2D eigenvalue weighted by atomic mass is 16.6. The molecule has 11 heteroatoms. The third-order valence-corrected chi connectivity index (χ3v) is 8.11. The number of aromatic hydroxyl groups is 2. The van der Waals surface area contributed by atoms with Crippen LogP contribution in [-0.4, -0.2) is 68.3 Å². The standard InChI is InChI=1S/C39H49N3O8/c1-38(2,3)49-36(47)32(24-25-11-8-7-9-12-25)40-34(45)33(27-17-21-30(44)22-18-27)42(28-13-10-14-28)35(46)31(41-37(48)50-39(4,5)6)23-26-15-19-29(43)20-16-26/h7-9,11-12,15-22,28,31-33,43-44H,10,13-14,23-24H2,1-6H3,(H,40,45)(H,41,48). The highest BCUT2D eigenvalue weighted by Gasteiger charge is 2.43. The molecule has 1 aliphatic carbocycles. The molecular formula is C39H49N3O8. The van der Waals surface area contributed by atoms with E-state index in [0.717, 1.165) is 12.0 Å². The monoisotopic (exact) mass is 687 g/mol. The van der Waals surface area contributed by atoms with Gasteiger partial charge in [0.25, 0.3) is 0 Å². The largest absolute Gasteiger partial charge is 0.508 e. The summed E-state index contributed by atoms with van der Waals surface area (Å²) >= 11 is 0. The van der Waals surface area contributed by atoms with Crippen molar-refractivity contribution in [1.29, 1.82) is 0 Å². The molecule has 0 saturated heterocycles. The van der Waals surface area contributed by atoms with Crippen molar-refractivity contribution in [2.24, 2.45) is 0 Å². The van der Waals surface area contributed by atoms with E-state index in [0.29, 0.717) is 24.0 Å². The van der Waals surface area contributed by atoms with E-state index in [-0.39, 0.29) is 30.4 Å². The summed E-state index contributed by atoms with van der Waals surface area (Å²) < 4.78 is 11.2. The molecule has 0 aromatic heterocycles. The summed E-state index contributed by atoms with van der Waals surface area (Å²) in [6.07, 6.45) is 1.44. The van der Waals surface area contributed by atoms with Gasteiger partial charge in [0.2, 0.25) is 11.8 Å². The fourth-order valence-electron chi connectivity index (χ4n) is 5.64. The van der Waals surface area contributed by atoms with Crippen LogP contribution in [0.15, 0.2) is 78.9 Å². The normalized spacial score (nSPS) is 15.1. The predicted octanol–water partition coefficient (Wildman–Crippen LogP) is 5.73. The van der Waals surface area contributed by atoms with Crippen LogP contribution < -0.4 is 10.6 Å². The number of benzene rings is 3. The van der Waals surface area contributed by atoms with E-state index in [9.17, 15) is 29.4 Å². The lowest BCUT2D eigenvalue weighted by Gasteiger charge is -2.44. The number of carbonyl (C=O) groups excluding carboxylic acids is 4. The Hall–Kier alpha value is -5.06. The fraction of sp³-hybridized carbons (Fsp3) is 0.436. The van der Waals surface area contributed by atoms with E-state index >= 15 is 0 Å². The smallest absolute Gasteiger partial charge is 0.408 e. The second-order valence-electron chi connectivity index (χ2n) is 14.7. The van der Waals surface area contributed by atoms with E-state index in [1.54, 1.807) is 65.8 Å². The molecule has 0 radical (unpaired) electrons. The molecule has 1 fully saturated rings. The molecule has 3 atom stereocenters. The van der Waals surface area contributed by atoms with Crippen LogP contribution in [0.5, 0.6) is 11.5 Å². The van der Waals surface area contributed by atoms with E-state index in [4.69, 9.17) is 9.47 Å². The minimum atomic E-state index is -1.24. The molecular weight excluding hydrogens is 638 g/mol. The minimum Gasteiger partial charge on any atom is -0.508 e. The van der Waals surface area contributed by atoms with E-state index in [1.807, 2.05) is 30.3 Å². The van der Waals surface area contributed by atoms with Crippen LogP contribution in [0.1, 0.15) is 83.5 Å². The number of alkyl carbamates (subject to hydrolysis) is 1. The molecule has 4 N–H and O–H groups in total. The average molecular weight is 688 g/mol. The topological polar surface area (TPSA) is 154 Å². The number of esters is 1. The number of phenolic OH excluding ortho intramolecular Hbond substituents is 2. The van der Waals surface area contributed by atoms with Gasteiger partial charge in [-0.3, -0.25) is 9.59 Å². The lowest BCUT2D eigenvalue weighted by molar-refractivity contribution is -0.159. The Morgan fingerprint density at radius 1 is 0.720 bits per heavy atom. The summed E-state index contributed by atoms with van der Waals surface area (Å²) in [5.41, 5.74) is 0.198. The summed E-state index contributed by atoms with van der Waals surface area (Å²) in [5.74, 6) is -1.76. The van der Waals surface area contributed by atoms with E-state index in [2.05, 4.69) is 10.6 Å². The van der Waals surface area contributed by atoms with Crippen molar-refractivity contribution in [3.05, 3.63) is 95.6 Å². The Labute approximate surface area is 294 Å². The zero-order valence-corrected chi connectivity index (χ0v) is 29.6. The van der Waals surface area contributed by atoms with E-state index in [1.165, 1.54) is 29.2 Å². The van der Waals surface area contributed by atoms with Gasteiger partial charge in [0.1, 0.15) is 40.8 Å². The van der Waals surface area contributed by atoms with Crippen molar-refractivity contribution >= 4 is 23.9 Å². The summed E-state index contributed by atoms with van der Waals surface area (Å²) in [6, 6.07) is 17.7. The van der Waals surface area contributed by atoms with Gasteiger partial charge >= 0.3 is 12.1 Å². The highest BCUT2D eigenvalue weighted by Crippen LogP contribution is 2.35. The number of hydrogen-bond acceptors (Lipinski definition) is 8. The first-order valence-corrected chi connectivity index (χ1v) is 16.9. The van der Waals surface area contributed by atoms with Crippen molar-refractivity contribution in [1.82, 2.24) is 15.5 Å². The summed E-state index contributed by atoms with van der Waals surface area (Å²) in [5, 5.41) is 25.6. The van der Waals surface area contributed by atoms with E-state index < -0.39 is 53.2 Å². The van der Waals surface area contributed by atoms with Crippen LogP contribution >= 0.6 is 0 Å². The van der Waals surface area contributed by atoms with Crippen LogP contribution in [-0.2, 0) is 36.7 Å². The molecule has 1 aliphatic rings. The maximum atomic E-state index is 14.8.